The maximum absolute atomic E-state index is 5.43. The van der Waals surface area contributed by atoms with Gasteiger partial charge in [-0.25, -0.2) is 0 Å². The van der Waals surface area contributed by atoms with Gasteiger partial charge in [-0.15, -0.1) is 23.2 Å². The van der Waals surface area contributed by atoms with Crippen molar-refractivity contribution in [1.82, 2.24) is 0 Å². The minimum absolute atomic E-state index is 0.573. The molecule has 0 N–H and O–H groups in total. The minimum atomic E-state index is 0.573. The van der Waals surface area contributed by atoms with Gasteiger partial charge in [-0.1, -0.05) is 0 Å². The van der Waals surface area contributed by atoms with Gasteiger partial charge in [0.1, 0.15) is 0 Å². The number of ether oxygens (including phenoxy) is 2. The molecule has 0 amide bonds. The lowest BCUT2D eigenvalue weighted by molar-refractivity contribution is 0.163. The first kappa shape index (κ1) is 13.8. The molecule has 0 atom stereocenters. The number of thioether (sulfide) groups is 1. The highest BCUT2D eigenvalue weighted by Gasteiger charge is 1.90. The summed E-state index contributed by atoms with van der Waals surface area (Å²) in [7, 11) is 0. The number of hydrogen-bond donors (Lipinski definition) is 0. The van der Waals surface area contributed by atoms with Gasteiger partial charge in [0.2, 0.25) is 0 Å². The zero-order valence-electron chi connectivity index (χ0n) is 7.64. The van der Waals surface area contributed by atoms with Crippen molar-refractivity contribution in [3.05, 3.63) is 0 Å². The van der Waals surface area contributed by atoms with E-state index >= 15 is 0 Å². The Labute approximate surface area is 94.3 Å². The molecule has 0 aromatic rings. The van der Waals surface area contributed by atoms with Crippen LogP contribution in [0.15, 0.2) is 0 Å². The lowest BCUT2D eigenvalue weighted by Crippen LogP contribution is -2.03. The van der Waals surface area contributed by atoms with Crippen molar-refractivity contribution in [2.45, 2.75) is 0 Å². The molecule has 0 saturated carbocycles. The standard InChI is InChI=1S/C8H16Cl2O2S/c9-1-3-11-5-7-13-8-6-12-4-2-10/h1-8H2. The molecule has 0 aromatic heterocycles. The van der Waals surface area contributed by atoms with Crippen molar-refractivity contribution in [2.75, 3.05) is 49.7 Å². The molecule has 0 saturated heterocycles. The number of hydrogen-bond acceptors (Lipinski definition) is 3. The Morgan fingerprint density at radius 2 is 1.23 bits per heavy atom. The highest BCUT2D eigenvalue weighted by atomic mass is 35.5. The second kappa shape index (κ2) is 12.8. The Balaban J connectivity index is 2.76. The fourth-order valence-electron chi connectivity index (χ4n) is 0.651. The molecule has 0 aliphatic rings. The van der Waals surface area contributed by atoms with E-state index in [0.29, 0.717) is 25.0 Å². The molecule has 13 heavy (non-hydrogen) atoms. The predicted octanol–water partition coefficient (Wildman–Crippen LogP) is 2.23. The Kier molecular flexibility index (Phi) is 13.7. The van der Waals surface area contributed by atoms with Gasteiger partial charge in [-0.2, -0.15) is 11.8 Å². The monoisotopic (exact) mass is 246 g/mol. The van der Waals surface area contributed by atoms with Crippen LogP contribution in [0.4, 0.5) is 0 Å². The van der Waals surface area contributed by atoms with Crippen molar-refractivity contribution in [2.24, 2.45) is 0 Å². The van der Waals surface area contributed by atoms with Gasteiger partial charge in [-0.05, 0) is 0 Å². The largest absolute Gasteiger partial charge is 0.379 e. The van der Waals surface area contributed by atoms with Gasteiger partial charge in [0.15, 0.2) is 0 Å². The summed E-state index contributed by atoms with van der Waals surface area (Å²) < 4.78 is 10.4. The molecular weight excluding hydrogens is 231 g/mol. The van der Waals surface area contributed by atoms with Gasteiger partial charge < -0.3 is 9.47 Å². The third-order valence-electron chi connectivity index (χ3n) is 1.19. The van der Waals surface area contributed by atoms with Crippen LogP contribution < -0.4 is 0 Å². The van der Waals surface area contributed by atoms with Crippen molar-refractivity contribution in [3.8, 4) is 0 Å². The van der Waals surface area contributed by atoms with Crippen LogP contribution in [0.3, 0.4) is 0 Å². The zero-order chi connectivity index (χ0) is 9.78. The first-order valence-electron chi connectivity index (χ1n) is 4.27. The molecule has 0 spiro atoms. The van der Waals surface area contributed by atoms with Crippen molar-refractivity contribution >= 4 is 35.0 Å². The Hall–Kier alpha value is 0.850. The van der Waals surface area contributed by atoms with Crippen LogP contribution >= 0.6 is 35.0 Å². The number of alkyl halides is 2. The topological polar surface area (TPSA) is 18.5 Å². The van der Waals surface area contributed by atoms with Crippen molar-refractivity contribution < 1.29 is 9.47 Å². The fraction of sp³-hybridized carbons (Fsp3) is 1.00. The third-order valence-corrected chi connectivity index (χ3v) is 2.41. The van der Waals surface area contributed by atoms with Crippen LogP contribution in [0.25, 0.3) is 0 Å². The van der Waals surface area contributed by atoms with Crippen LogP contribution in [0.2, 0.25) is 0 Å². The predicted molar refractivity (Wildman–Crippen MR) is 60.4 cm³/mol. The molecule has 0 heterocycles. The molecule has 80 valence electrons. The highest BCUT2D eigenvalue weighted by Crippen LogP contribution is 1.99. The van der Waals surface area contributed by atoms with Crippen LogP contribution in [0.5, 0.6) is 0 Å². The van der Waals surface area contributed by atoms with E-state index < -0.39 is 0 Å². The van der Waals surface area contributed by atoms with Crippen molar-refractivity contribution in [1.29, 1.82) is 0 Å². The van der Waals surface area contributed by atoms with Gasteiger partial charge in [0.25, 0.3) is 0 Å². The van der Waals surface area contributed by atoms with E-state index in [0.717, 1.165) is 24.7 Å². The molecule has 0 radical (unpaired) electrons. The van der Waals surface area contributed by atoms with E-state index in [1.807, 2.05) is 11.8 Å². The Morgan fingerprint density at radius 3 is 1.62 bits per heavy atom. The van der Waals surface area contributed by atoms with Gasteiger partial charge in [0.05, 0.1) is 26.4 Å². The van der Waals surface area contributed by atoms with Gasteiger partial charge in [-0.3, -0.25) is 0 Å². The van der Waals surface area contributed by atoms with Crippen LogP contribution in [-0.4, -0.2) is 49.7 Å². The molecule has 0 fully saturated rings. The fourth-order valence-corrected chi connectivity index (χ4v) is 1.54. The van der Waals surface area contributed by atoms with E-state index in [4.69, 9.17) is 32.7 Å². The summed E-state index contributed by atoms with van der Waals surface area (Å²) in [4.78, 5) is 0. The quantitative estimate of drug-likeness (QED) is 0.435. The summed E-state index contributed by atoms with van der Waals surface area (Å²) in [5.74, 6) is 3.15. The molecule has 2 nitrogen and oxygen atoms in total. The normalized spacial score (nSPS) is 10.6. The van der Waals surface area contributed by atoms with Gasteiger partial charge in [0, 0.05) is 23.3 Å². The SMILES string of the molecule is ClCCOCCSCCOCCCl. The maximum Gasteiger partial charge on any atom is 0.0602 e. The van der Waals surface area contributed by atoms with E-state index in [1.54, 1.807) is 0 Å². The third kappa shape index (κ3) is 12.8. The smallest absolute Gasteiger partial charge is 0.0602 e. The maximum atomic E-state index is 5.43. The first-order valence-corrected chi connectivity index (χ1v) is 6.49. The molecule has 5 heteroatoms. The van der Waals surface area contributed by atoms with Crippen LogP contribution in [-0.2, 0) is 9.47 Å². The molecule has 0 rings (SSSR count). The number of rotatable bonds is 10. The zero-order valence-corrected chi connectivity index (χ0v) is 9.97. The summed E-state index contributed by atoms with van der Waals surface area (Å²) in [6, 6.07) is 0. The van der Waals surface area contributed by atoms with E-state index in [2.05, 4.69) is 0 Å². The average Bonchev–Trinajstić information content (AvgIpc) is 2.16. The minimum Gasteiger partial charge on any atom is -0.379 e. The molecule has 0 aliphatic carbocycles. The van der Waals surface area contributed by atoms with Crippen molar-refractivity contribution in [3.63, 3.8) is 0 Å². The average molecular weight is 247 g/mol. The second-order valence-corrected chi connectivity index (χ2v) is 4.20. The molecule has 0 aromatic carbocycles. The van der Waals surface area contributed by atoms with E-state index in [9.17, 15) is 0 Å². The van der Waals surface area contributed by atoms with Crippen LogP contribution in [0, 0.1) is 0 Å². The highest BCUT2D eigenvalue weighted by molar-refractivity contribution is 7.99. The Morgan fingerprint density at radius 1 is 0.769 bits per heavy atom. The van der Waals surface area contributed by atoms with E-state index in [-0.39, 0.29) is 0 Å². The summed E-state index contributed by atoms with van der Waals surface area (Å²) in [5, 5.41) is 0. The summed E-state index contributed by atoms with van der Waals surface area (Å²) in [5.41, 5.74) is 0. The van der Waals surface area contributed by atoms with Crippen LogP contribution in [0.1, 0.15) is 0 Å². The number of halogens is 2. The summed E-state index contributed by atoms with van der Waals surface area (Å²) >= 11 is 12.7. The Bertz CT molecular complexity index is 86.2. The first-order chi connectivity index (χ1) is 6.41. The van der Waals surface area contributed by atoms with E-state index in [1.165, 1.54) is 0 Å². The summed E-state index contributed by atoms with van der Waals surface area (Å²) in [6.45, 7) is 2.83. The molecule has 0 aliphatic heterocycles. The lowest BCUT2D eigenvalue weighted by atomic mass is 10.8. The van der Waals surface area contributed by atoms with Gasteiger partial charge >= 0.3 is 0 Å². The lowest BCUT2D eigenvalue weighted by Gasteiger charge is -2.02. The second-order valence-electron chi connectivity index (χ2n) is 2.22. The molecule has 0 unspecified atom stereocenters. The summed E-state index contributed by atoms with van der Waals surface area (Å²) in [6.07, 6.45) is 0. The molecule has 0 bridgehead atoms. The molecular formula is C8H16Cl2O2S.